The van der Waals surface area contributed by atoms with Gasteiger partial charge in [0, 0.05) is 31.6 Å². The van der Waals surface area contributed by atoms with Crippen LogP contribution in [0.15, 0.2) is 48.5 Å². The van der Waals surface area contributed by atoms with Crippen LogP contribution in [0.25, 0.3) is 0 Å². The van der Waals surface area contributed by atoms with Crippen LogP contribution in [0.4, 0.5) is 5.69 Å². The molecule has 0 fully saturated rings. The molecule has 0 aliphatic rings. The number of hydrogen-bond donors (Lipinski definition) is 1. The van der Waals surface area contributed by atoms with Crippen molar-refractivity contribution in [1.82, 2.24) is 10.2 Å². The Labute approximate surface area is 227 Å². The quantitative estimate of drug-likeness (QED) is 0.362. The number of nitrogens with one attached hydrogen (secondary N) is 1. The van der Waals surface area contributed by atoms with E-state index in [2.05, 4.69) is 5.32 Å². The summed E-state index contributed by atoms with van der Waals surface area (Å²) in [4.78, 5) is 28.2. The first-order valence-corrected chi connectivity index (χ1v) is 14.7. The first-order chi connectivity index (χ1) is 18.0. The van der Waals surface area contributed by atoms with E-state index >= 15 is 0 Å². The van der Waals surface area contributed by atoms with Crippen LogP contribution in [0.3, 0.4) is 0 Å². The minimum atomic E-state index is -3.59. The Balaban J connectivity index is 2.24. The molecule has 1 N–H and O–H groups in total. The number of methoxy groups -OCH3 is 2. The smallest absolute Gasteiger partial charge is 0.243 e. The lowest BCUT2D eigenvalue weighted by Crippen LogP contribution is -2.50. The molecule has 0 unspecified atom stereocenters. The van der Waals surface area contributed by atoms with E-state index in [1.165, 1.54) is 11.4 Å². The lowest BCUT2D eigenvalue weighted by atomic mass is 10.1. The highest BCUT2D eigenvalue weighted by atomic mass is 32.2. The van der Waals surface area contributed by atoms with Crippen molar-refractivity contribution >= 4 is 27.5 Å². The van der Waals surface area contributed by atoms with Crippen molar-refractivity contribution in [2.45, 2.75) is 65.1 Å². The molecule has 2 atom stereocenters. The lowest BCUT2D eigenvalue weighted by Gasteiger charge is -2.32. The largest absolute Gasteiger partial charge is 0.497 e. The molecular weight excluding hydrogens is 506 g/mol. The highest BCUT2D eigenvalue weighted by Crippen LogP contribution is 2.24. The van der Waals surface area contributed by atoms with Gasteiger partial charge in [-0.3, -0.25) is 13.9 Å². The van der Waals surface area contributed by atoms with Gasteiger partial charge in [0.2, 0.25) is 21.8 Å². The fourth-order valence-corrected chi connectivity index (χ4v) is 5.02. The van der Waals surface area contributed by atoms with Crippen LogP contribution in [-0.2, 0) is 26.2 Å². The molecule has 0 spiro atoms. The van der Waals surface area contributed by atoms with Gasteiger partial charge in [0.05, 0.1) is 26.2 Å². The molecule has 2 rings (SSSR count). The number of benzene rings is 2. The zero-order chi connectivity index (χ0) is 28.3. The summed E-state index contributed by atoms with van der Waals surface area (Å²) in [7, 11) is -0.489. The van der Waals surface area contributed by atoms with Gasteiger partial charge in [-0.15, -0.1) is 0 Å². The average molecular weight is 548 g/mol. The molecule has 38 heavy (non-hydrogen) atoms. The standard InChI is InChI=1S/C28H41N3O6S/c1-7-21(3)29-28(33)26(8-2)30(20-22-14-16-24(36-4)17-15-22)27(32)13-10-18-31(38(6,34)35)23-11-9-12-25(19-23)37-5/h9,11-12,14-17,19,21,26H,7-8,10,13,18,20H2,1-6H3,(H,29,33)/t21-,26+/m1/s1. The van der Waals surface area contributed by atoms with Crippen molar-refractivity contribution in [3.8, 4) is 11.5 Å². The van der Waals surface area contributed by atoms with Gasteiger partial charge < -0.3 is 19.7 Å². The number of ether oxygens (including phenoxy) is 2. The summed E-state index contributed by atoms with van der Waals surface area (Å²) in [6, 6.07) is 13.5. The number of carbonyl (C=O) groups is 2. The van der Waals surface area contributed by atoms with Crippen molar-refractivity contribution in [3.63, 3.8) is 0 Å². The van der Waals surface area contributed by atoms with Crippen LogP contribution in [0.2, 0.25) is 0 Å². The van der Waals surface area contributed by atoms with Gasteiger partial charge in [-0.25, -0.2) is 8.42 Å². The molecule has 0 aromatic heterocycles. The molecule has 2 amide bonds. The number of carbonyl (C=O) groups excluding carboxylic acids is 2. The Morgan fingerprint density at radius 1 is 0.974 bits per heavy atom. The second-order valence-corrected chi connectivity index (χ2v) is 11.2. The molecule has 0 heterocycles. The van der Waals surface area contributed by atoms with E-state index in [9.17, 15) is 18.0 Å². The number of nitrogens with zero attached hydrogens (tertiary/aromatic N) is 2. The van der Waals surface area contributed by atoms with Crippen LogP contribution in [0, 0.1) is 0 Å². The fourth-order valence-electron chi connectivity index (χ4n) is 4.06. The number of sulfonamides is 1. The predicted molar refractivity (Wildman–Crippen MR) is 150 cm³/mol. The molecular formula is C28H41N3O6S. The second kappa shape index (κ2) is 14.6. The summed E-state index contributed by atoms with van der Waals surface area (Å²) in [5.74, 6) is 0.825. The molecule has 210 valence electrons. The van der Waals surface area contributed by atoms with Crippen molar-refractivity contribution in [1.29, 1.82) is 0 Å². The average Bonchev–Trinajstić information content (AvgIpc) is 2.90. The maximum Gasteiger partial charge on any atom is 0.243 e. The molecule has 10 heteroatoms. The molecule has 0 saturated carbocycles. The molecule has 2 aromatic carbocycles. The zero-order valence-electron chi connectivity index (χ0n) is 23.3. The monoisotopic (exact) mass is 547 g/mol. The number of rotatable bonds is 15. The Hall–Kier alpha value is -3.27. The normalized spacial score (nSPS) is 12.8. The topological polar surface area (TPSA) is 105 Å². The maximum atomic E-state index is 13.5. The first-order valence-electron chi connectivity index (χ1n) is 12.9. The summed E-state index contributed by atoms with van der Waals surface area (Å²) in [6.07, 6.45) is 2.73. The van der Waals surface area contributed by atoms with Crippen LogP contribution < -0.4 is 19.1 Å². The zero-order valence-corrected chi connectivity index (χ0v) is 24.1. The van der Waals surface area contributed by atoms with Gasteiger partial charge in [0.15, 0.2) is 0 Å². The summed E-state index contributed by atoms with van der Waals surface area (Å²) >= 11 is 0. The summed E-state index contributed by atoms with van der Waals surface area (Å²) in [5, 5.41) is 2.99. The maximum absolute atomic E-state index is 13.5. The highest BCUT2D eigenvalue weighted by Gasteiger charge is 2.29. The molecule has 0 saturated heterocycles. The van der Waals surface area contributed by atoms with Crippen molar-refractivity contribution in [2.24, 2.45) is 0 Å². The Morgan fingerprint density at radius 3 is 2.18 bits per heavy atom. The first kappa shape index (κ1) is 31.0. The van der Waals surface area contributed by atoms with Gasteiger partial charge >= 0.3 is 0 Å². The van der Waals surface area contributed by atoms with Crippen LogP contribution in [0.1, 0.15) is 52.0 Å². The number of anilines is 1. The summed E-state index contributed by atoms with van der Waals surface area (Å²) in [6.45, 7) is 6.16. The Kier molecular flexibility index (Phi) is 11.9. The molecule has 0 bridgehead atoms. The van der Waals surface area contributed by atoms with Gasteiger partial charge in [0.1, 0.15) is 17.5 Å². The van der Waals surface area contributed by atoms with Gasteiger partial charge in [-0.1, -0.05) is 32.0 Å². The minimum absolute atomic E-state index is 0.0133. The van der Waals surface area contributed by atoms with E-state index in [1.54, 1.807) is 36.3 Å². The third-order valence-corrected chi connectivity index (χ3v) is 7.59. The van der Waals surface area contributed by atoms with Crippen LogP contribution in [0.5, 0.6) is 11.5 Å². The van der Waals surface area contributed by atoms with Gasteiger partial charge in [0.25, 0.3) is 0 Å². The van der Waals surface area contributed by atoms with E-state index in [0.717, 1.165) is 18.2 Å². The van der Waals surface area contributed by atoms with E-state index in [-0.39, 0.29) is 43.8 Å². The molecule has 0 aliphatic heterocycles. The van der Waals surface area contributed by atoms with E-state index in [4.69, 9.17) is 9.47 Å². The molecule has 0 radical (unpaired) electrons. The summed E-state index contributed by atoms with van der Waals surface area (Å²) < 4.78 is 36.8. The molecule has 2 aromatic rings. The van der Waals surface area contributed by atoms with E-state index in [1.807, 2.05) is 45.0 Å². The van der Waals surface area contributed by atoms with Crippen LogP contribution >= 0.6 is 0 Å². The van der Waals surface area contributed by atoms with Gasteiger partial charge in [-0.05, 0) is 56.0 Å². The highest BCUT2D eigenvalue weighted by molar-refractivity contribution is 7.92. The third kappa shape index (κ3) is 8.93. The SMILES string of the molecule is CC[C@@H](C)NC(=O)[C@H](CC)N(Cc1ccc(OC)cc1)C(=O)CCCN(c1cccc(OC)c1)S(C)(=O)=O. The Morgan fingerprint density at radius 2 is 1.63 bits per heavy atom. The summed E-state index contributed by atoms with van der Waals surface area (Å²) in [5.41, 5.74) is 1.33. The van der Waals surface area contributed by atoms with Crippen molar-refractivity contribution in [3.05, 3.63) is 54.1 Å². The van der Waals surface area contributed by atoms with Crippen molar-refractivity contribution < 1.29 is 27.5 Å². The second-order valence-electron chi connectivity index (χ2n) is 9.25. The fraction of sp³-hybridized carbons (Fsp3) is 0.500. The van der Waals surface area contributed by atoms with Gasteiger partial charge in [-0.2, -0.15) is 0 Å². The van der Waals surface area contributed by atoms with E-state index < -0.39 is 16.1 Å². The molecule has 9 nitrogen and oxygen atoms in total. The van der Waals surface area contributed by atoms with Crippen molar-refractivity contribution in [2.75, 3.05) is 31.3 Å². The van der Waals surface area contributed by atoms with Crippen LogP contribution in [-0.4, -0.2) is 64.2 Å². The lowest BCUT2D eigenvalue weighted by molar-refractivity contribution is -0.141. The van der Waals surface area contributed by atoms with E-state index in [0.29, 0.717) is 23.6 Å². The number of amides is 2. The minimum Gasteiger partial charge on any atom is -0.497 e. The number of hydrogen-bond acceptors (Lipinski definition) is 6. The predicted octanol–water partition coefficient (Wildman–Crippen LogP) is 3.97. The Bertz CT molecular complexity index is 1150. The molecule has 0 aliphatic carbocycles. The third-order valence-electron chi connectivity index (χ3n) is 6.39.